The smallest absolute Gasteiger partial charge is 0.350 e. The summed E-state index contributed by atoms with van der Waals surface area (Å²) in [5, 5.41) is 0. The Balaban J connectivity index is 4.46. The highest BCUT2D eigenvalue weighted by Gasteiger charge is 2.34. The average molecular weight is 242 g/mol. The van der Waals surface area contributed by atoms with Gasteiger partial charge in [-0.3, -0.25) is 0 Å². The maximum absolute atomic E-state index is 11.7. The van der Waals surface area contributed by atoms with Crippen LogP contribution in [-0.2, 0) is 19.1 Å². The number of esters is 2. The molecule has 0 aromatic rings. The highest BCUT2D eigenvalue weighted by molar-refractivity contribution is 5.91. The molecular formula is C13H22O4. The minimum absolute atomic E-state index is 0.253. The largest absolute Gasteiger partial charge is 0.462 e. The molecule has 0 N–H and O–H groups in total. The second kappa shape index (κ2) is 6.42. The molecule has 0 aromatic heterocycles. The molecule has 98 valence electrons. The van der Waals surface area contributed by atoms with E-state index >= 15 is 0 Å². The summed E-state index contributed by atoms with van der Waals surface area (Å²) in [6.07, 6.45) is 1.64. The third-order valence-corrected chi connectivity index (χ3v) is 2.14. The molecule has 0 aliphatic heterocycles. The average Bonchev–Trinajstić information content (AvgIpc) is 2.23. The Morgan fingerprint density at radius 1 is 1.29 bits per heavy atom. The van der Waals surface area contributed by atoms with E-state index < -0.39 is 17.5 Å². The summed E-state index contributed by atoms with van der Waals surface area (Å²) in [4.78, 5) is 23.2. The van der Waals surface area contributed by atoms with Crippen molar-refractivity contribution in [1.29, 1.82) is 0 Å². The first kappa shape index (κ1) is 15.7. The van der Waals surface area contributed by atoms with Gasteiger partial charge < -0.3 is 9.47 Å². The summed E-state index contributed by atoms with van der Waals surface area (Å²) < 4.78 is 10.1. The highest BCUT2D eigenvalue weighted by Crippen LogP contribution is 2.15. The zero-order valence-electron chi connectivity index (χ0n) is 11.5. The van der Waals surface area contributed by atoms with Crippen LogP contribution in [0.3, 0.4) is 0 Å². The lowest BCUT2D eigenvalue weighted by Crippen LogP contribution is -2.39. The van der Waals surface area contributed by atoms with Crippen molar-refractivity contribution in [2.45, 2.75) is 47.1 Å². The molecule has 0 atom stereocenters. The molecule has 0 rings (SSSR count). The predicted molar refractivity (Wildman–Crippen MR) is 65.4 cm³/mol. The van der Waals surface area contributed by atoms with Crippen LogP contribution in [0, 0.1) is 5.92 Å². The van der Waals surface area contributed by atoms with Crippen molar-refractivity contribution in [3.05, 3.63) is 11.6 Å². The van der Waals surface area contributed by atoms with E-state index in [1.165, 1.54) is 13.8 Å². The Kier molecular flexibility index (Phi) is 5.93. The normalized spacial score (nSPS) is 12.5. The second-order valence-electron chi connectivity index (χ2n) is 4.86. The van der Waals surface area contributed by atoms with Crippen LogP contribution < -0.4 is 0 Å². The highest BCUT2D eigenvalue weighted by atomic mass is 16.6. The van der Waals surface area contributed by atoms with Crippen LogP contribution in [-0.4, -0.2) is 24.1 Å². The van der Waals surface area contributed by atoms with Gasteiger partial charge in [0.05, 0.1) is 6.61 Å². The minimum atomic E-state index is -1.25. The van der Waals surface area contributed by atoms with Gasteiger partial charge in [-0.2, -0.15) is 0 Å². The molecule has 4 heteroatoms. The van der Waals surface area contributed by atoms with Crippen LogP contribution in [0.15, 0.2) is 11.6 Å². The zero-order valence-corrected chi connectivity index (χ0v) is 11.5. The van der Waals surface area contributed by atoms with E-state index in [0.29, 0.717) is 12.2 Å². The summed E-state index contributed by atoms with van der Waals surface area (Å²) in [7, 11) is 0. The van der Waals surface area contributed by atoms with E-state index in [-0.39, 0.29) is 5.92 Å². The van der Waals surface area contributed by atoms with Crippen molar-refractivity contribution in [2.24, 2.45) is 5.92 Å². The first-order valence-corrected chi connectivity index (χ1v) is 5.74. The van der Waals surface area contributed by atoms with Gasteiger partial charge in [-0.15, -0.1) is 0 Å². The van der Waals surface area contributed by atoms with Gasteiger partial charge in [-0.1, -0.05) is 19.9 Å². The van der Waals surface area contributed by atoms with Gasteiger partial charge in [0.1, 0.15) is 0 Å². The lowest BCUT2D eigenvalue weighted by Gasteiger charge is -2.23. The van der Waals surface area contributed by atoms with Gasteiger partial charge in [-0.25, -0.2) is 9.59 Å². The standard InChI is InChI=1S/C13H22O4/c1-7-10(4)11(14)17-13(5,6)12(15)16-8-9(2)3/h7,9H,8H2,1-6H3. The summed E-state index contributed by atoms with van der Waals surface area (Å²) in [6.45, 7) is 10.6. The lowest BCUT2D eigenvalue weighted by molar-refractivity contribution is -0.176. The SMILES string of the molecule is CC=C(C)C(=O)OC(C)(C)C(=O)OCC(C)C. The molecule has 0 unspecified atom stereocenters. The topological polar surface area (TPSA) is 52.6 Å². The van der Waals surface area contributed by atoms with Crippen LogP contribution in [0.2, 0.25) is 0 Å². The Bertz CT molecular complexity index is 313. The Morgan fingerprint density at radius 3 is 2.24 bits per heavy atom. The molecule has 0 fully saturated rings. The third kappa shape index (κ3) is 5.52. The fourth-order valence-corrected chi connectivity index (χ4v) is 0.888. The van der Waals surface area contributed by atoms with E-state index in [9.17, 15) is 9.59 Å². The van der Waals surface area contributed by atoms with Gasteiger partial charge in [0.2, 0.25) is 5.60 Å². The van der Waals surface area contributed by atoms with Crippen molar-refractivity contribution in [3.63, 3.8) is 0 Å². The number of carbonyl (C=O) groups is 2. The maximum atomic E-state index is 11.7. The van der Waals surface area contributed by atoms with Crippen molar-refractivity contribution < 1.29 is 19.1 Å². The quantitative estimate of drug-likeness (QED) is 0.549. The number of carbonyl (C=O) groups excluding carboxylic acids is 2. The van der Waals surface area contributed by atoms with Crippen molar-refractivity contribution >= 4 is 11.9 Å². The molecule has 17 heavy (non-hydrogen) atoms. The summed E-state index contributed by atoms with van der Waals surface area (Å²) >= 11 is 0. The molecule has 0 aliphatic rings. The Labute approximate surface area is 103 Å². The molecule has 0 aliphatic carbocycles. The van der Waals surface area contributed by atoms with E-state index in [1.54, 1.807) is 19.9 Å². The number of hydrogen-bond donors (Lipinski definition) is 0. The van der Waals surface area contributed by atoms with E-state index in [1.807, 2.05) is 13.8 Å². The molecule has 0 aromatic carbocycles. The summed E-state index contributed by atoms with van der Waals surface area (Å²) in [6, 6.07) is 0. The van der Waals surface area contributed by atoms with Crippen LogP contribution in [0.1, 0.15) is 41.5 Å². The Hall–Kier alpha value is -1.32. The fraction of sp³-hybridized carbons (Fsp3) is 0.692. The van der Waals surface area contributed by atoms with Crippen LogP contribution in [0.5, 0.6) is 0 Å². The van der Waals surface area contributed by atoms with E-state index in [4.69, 9.17) is 9.47 Å². The monoisotopic (exact) mass is 242 g/mol. The maximum Gasteiger partial charge on any atom is 0.350 e. The molecule has 0 heterocycles. The molecule has 0 saturated heterocycles. The Morgan fingerprint density at radius 2 is 1.82 bits per heavy atom. The molecule has 4 nitrogen and oxygen atoms in total. The molecule has 0 amide bonds. The van der Waals surface area contributed by atoms with E-state index in [2.05, 4.69) is 0 Å². The summed E-state index contributed by atoms with van der Waals surface area (Å²) in [5.41, 5.74) is -0.786. The third-order valence-electron chi connectivity index (χ3n) is 2.14. The predicted octanol–water partition coefficient (Wildman–Crippen LogP) is 2.47. The van der Waals surface area contributed by atoms with Gasteiger partial charge in [0.25, 0.3) is 0 Å². The molecule has 0 bridgehead atoms. The molecule has 0 saturated carbocycles. The van der Waals surface area contributed by atoms with Crippen molar-refractivity contribution in [3.8, 4) is 0 Å². The van der Waals surface area contributed by atoms with Gasteiger partial charge in [0, 0.05) is 5.57 Å². The zero-order chi connectivity index (χ0) is 13.6. The number of hydrogen-bond acceptors (Lipinski definition) is 4. The number of allylic oxidation sites excluding steroid dienone is 1. The lowest BCUT2D eigenvalue weighted by atomic mass is 10.1. The molecule has 0 spiro atoms. The van der Waals surface area contributed by atoms with Crippen molar-refractivity contribution in [1.82, 2.24) is 0 Å². The first-order valence-electron chi connectivity index (χ1n) is 5.74. The summed E-state index contributed by atoms with van der Waals surface area (Å²) in [5.74, 6) is -0.773. The van der Waals surface area contributed by atoms with Crippen LogP contribution in [0.25, 0.3) is 0 Å². The first-order chi connectivity index (χ1) is 7.70. The van der Waals surface area contributed by atoms with E-state index in [0.717, 1.165) is 0 Å². The van der Waals surface area contributed by atoms with Gasteiger partial charge in [0.15, 0.2) is 0 Å². The minimum Gasteiger partial charge on any atom is -0.462 e. The second-order valence-corrected chi connectivity index (χ2v) is 4.86. The molecule has 0 radical (unpaired) electrons. The van der Waals surface area contributed by atoms with Gasteiger partial charge in [-0.05, 0) is 33.6 Å². The fourth-order valence-electron chi connectivity index (χ4n) is 0.888. The van der Waals surface area contributed by atoms with Crippen LogP contribution in [0.4, 0.5) is 0 Å². The number of ether oxygens (including phenoxy) is 2. The van der Waals surface area contributed by atoms with Gasteiger partial charge >= 0.3 is 11.9 Å². The molecular weight excluding hydrogens is 220 g/mol. The number of rotatable bonds is 5. The van der Waals surface area contributed by atoms with Crippen molar-refractivity contribution in [2.75, 3.05) is 6.61 Å². The van der Waals surface area contributed by atoms with Crippen LogP contribution >= 0.6 is 0 Å².